The van der Waals surface area contributed by atoms with E-state index in [2.05, 4.69) is 54.7 Å². The minimum absolute atomic E-state index is 0.246. The monoisotopic (exact) mass is 1290 g/mol. The summed E-state index contributed by atoms with van der Waals surface area (Å²) in [6.45, 7) is 18.0. The third kappa shape index (κ3) is 16.6. The lowest BCUT2D eigenvalue weighted by Crippen LogP contribution is -2.40. The van der Waals surface area contributed by atoms with Crippen LogP contribution in [0.5, 0.6) is 0 Å². The molecular weight excluding hydrogens is 1200 g/mol. The highest BCUT2D eigenvalue weighted by atomic mass is 16.6. The van der Waals surface area contributed by atoms with Gasteiger partial charge >= 0.3 is 0 Å². The van der Waals surface area contributed by atoms with Crippen LogP contribution in [0.15, 0.2) is 122 Å². The molecule has 0 atom stereocenters. The third-order valence-electron chi connectivity index (χ3n) is 16.5. The molecule has 4 aliphatic rings. The molecule has 0 N–H and O–H groups in total. The summed E-state index contributed by atoms with van der Waals surface area (Å²) in [6.07, 6.45) is 5.40. The lowest BCUT2D eigenvalue weighted by molar-refractivity contribution is -0.0116. The third-order valence-corrected chi connectivity index (χ3v) is 16.5. The van der Waals surface area contributed by atoms with E-state index in [9.17, 15) is 19.2 Å². The van der Waals surface area contributed by atoms with Crippen LogP contribution in [-0.2, 0) is 47.4 Å². The Bertz CT molecular complexity index is 3730. The summed E-state index contributed by atoms with van der Waals surface area (Å²) in [6, 6.07) is 34.7. The predicted molar refractivity (Wildman–Crippen MR) is 353 cm³/mol. The lowest BCUT2D eigenvalue weighted by atomic mass is 9.90. The number of carbonyl (C=O) groups excluding carboxylic acids is 4. The molecule has 6 heterocycles. The van der Waals surface area contributed by atoms with Crippen molar-refractivity contribution in [2.24, 2.45) is 0 Å². The Morgan fingerprint density at radius 2 is 0.734 bits per heavy atom. The van der Waals surface area contributed by atoms with Crippen molar-refractivity contribution in [2.45, 2.75) is 26.7 Å². The van der Waals surface area contributed by atoms with Gasteiger partial charge in [-0.1, -0.05) is 66.2 Å². The Balaban J connectivity index is 0.000000192. The molecule has 0 saturated carbocycles. The van der Waals surface area contributed by atoms with Crippen molar-refractivity contribution in [1.82, 2.24) is 39.8 Å². The van der Waals surface area contributed by atoms with Gasteiger partial charge in [0.15, 0.2) is 0 Å². The fourth-order valence-corrected chi connectivity index (χ4v) is 11.6. The molecule has 0 bridgehead atoms. The number of hydrogen-bond donors (Lipinski definition) is 0. The van der Waals surface area contributed by atoms with Crippen LogP contribution in [0, 0.1) is 0 Å². The summed E-state index contributed by atoms with van der Waals surface area (Å²) in [4.78, 5) is 59.8. The number of anilines is 2. The number of unbranched alkanes of at least 4 members (excludes halogenated alkanes) is 1. The number of carbonyl (C=O) groups is 4. The van der Waals surface area contributed by atoms with Gasteiger partial charge in [0.25, 0.3) is 23.6 Å². The first-order chi connectivity index (χ1) is 46.3. The molecule has 12 rings (SSSR count). The highest BCUT2D eigenvalue weighted by Gasteiger charge is 2.34. The smallest absolute Gasteiger partial charge is 0.261 e. The van der Waals surface area contributed by atoms with Crippen molar-refractivity contribution in [3.8, 4) is 33.9 Å². The lowest BCUT2D eigenvalue weighted by Gasteiger charge is -2.27. The molecule has 2 saturated heterocycles. The van der Waals surface area contributed by atoms with E-state index >= 15 is 0 Å². The fourth-order valence-electron chi connectivity index (χ4n) is 11.6. The van der Waals surface area contributed by atoms with E-state index in [4.69, 9.17) is 47.4 Å². The van der Waals surface area contributed by atoms with Crippen LogP contribution in [0.1, 0.15) is 68.1 Å². The van der Waals surface area contributed by atoms with E-state index in [1.54, 1.807) is 40.6 Å². The van der Waals surface area contributed by atoms with Crippen molar-refractivity contribution >= 4 is 56.5 Å². The normalized spacial score (nSPS) is 17.9. The average Bonchev–Trinajstić information content (AvgIpc) is 0.979. The number of hydrogen-bond acceptors (Lipinski definition) is 20. The summed E-state index contributed by atoms with van der Waals surface area (Å²) < 4.78 is 59.9. The van der Waals surface area contributed by atoms with Crippen LogP contribution < -0.4 is 9.80 Å². The number of amides is 4. The zero-order valence-corrected chi connectivity index (χ0v) is 53.5. The molecule has 2 aromatic heterocycles. The number of imide groups is 2. The van der Waals surface area contributed by atoms with Crippen molar-refractivity contribution in [1.29, 1.82) is 0 Å². The number of benzene rings is 6. The first-order valence-electron chi connectivity index (χ1n) is 32.5. The molecule has 8 aromatic rings. The summed E-state index contributed by atoms with van der Waals surface area (Å²) in [5.41, 5.74) is 8.87. The van der Waals surface area contributed by atoms with Crippen molar-refractivity contribution < 1.29 is 66.5 Å². The fraction of sp³-hybridized carbons (Fsp3) is 0.429. The zero-order chi connectivity index (χ0) is 64.9. The SMILES string of the molecule is CCCCN1C(=O)c2cccc3c(-c4cn(-c5ccc(N6CCOCCOCCOCCOCCOCC6)cc5)nn4)ccc(c23)C1=O.CCN1C(=O)c2cccc3c(-n4cc(-c5ccc(N6CCOCCOCCOCCOCCOCC6)cc5)nn4)ccc(c23)C1=O. The van der Waals surface area contributed by atoms with Crippen LogP contribution in [0.2, 0.25) is 0 Å². The summed E-state index contributed by atoms with van der Waals surface area (Å²) in [5, 5.41) is 20.7. The van der Waals surface area contributed by atoms with Gasteiger partial charge in [-0.05, 0) is 85.5 Å². The topological polar surface area (TPSA) is 235 Å². The van der Waals surface area contributed by atoms with Crippen LogP contribution in [0.4, 0.5) is 11.4 Å². The van der Waals surface area contributed by atoms with Crippen LogP contribution >= 0.6 is 0 Å². The van der Waals surface area contributed by atoms with E-state index < -0.39 is 0 Å². The largest absolute Gasteiger partial charge is 0.377 e. The number of rotatable bonds is 10. The van der Waals surface area contributed by atoms with E-state index in [1.807, 2.05) is 80.0 Å². The molecule has 24 nitrogen and oxygen atoms in total. The number of aromatic nitrogens is 6. The molecule has 0 aliphatic carbocycles. The van der Waals surface area contributed by atoms with Gasteiger partial charge in [0.2, 0.25) is 0 Å². The van der Waals surface area contributed by atoms with Crippen molar-refractivity contribution in [2.75, 3.05) is 181 Å². The predicted octanol–water partition coefficient (Wildman–Crippen LogP) is 7.99. The Morgan fingerprint density at radius 1 is 0.362 bits per heavy atom. The minimum atomic E-state index is -0.279. The Labute approximate surface area is 546 Å². The number of nitrogens with zero attached hydrogens (tertiary/aromatic N) is 10. The molecule has 2 fully saturated rings. The standard InChI is InChI=1S/C36H43N5O7.C34H39N5O7/c1-2-3-13-40-35(42)31-6-4-5-30-29(11-12-32(34(30)31)36(40)43)33-26-41(38-37-33)28-9-7-27(8-10-28)39-14-16-44-18-20-46-22-24-48-25-23-47-21-19-45-17-15-39;1-2-38-33(40)28-5-3-4-27-31(11-10-29(32(27)28)34(38)41)39-24-30(35-36-39)25-6-8-26(9-7-25)37-12-14-42-16-18-44-20-22-46-23-21-45-19-17-43-15-13-37/h4-12,26H,2-3,13-25H2,1H3;3-11,24H,2,12-23H2,1H3. The van der Waals surface area contributed by atoms with Crippen LogP contribution in [0.25, 0.3) is 55.4 Å². The Kier molecular flexibility index (Phi) is 24.3. The highest BCUT2D eigenvalue weighted by molar-refractivity contribution is 6.27. The van der Waals surface area contributed by atoms with E-state index in [1.165, 1.54) is 9.80 Å². The van der Waals surface area contributed by atoms with E-state index in [0.717, 1.165) is 57.5 Å². The first-order valence-corrected chi connectivity index (χ1v) is 32.5. The van der Waals surface area contributed by atoms with E-state index in [-0.39, 0.29) is 23.6 Å². The second-order valence-corrected chi connectivity index (χ2v) is 22.5. The minimum Gasteiger partial charge on any atom is -0.377 e. The second-order valence-electron chi connectivity index (χ2n) is 22.5. The zero-order valence-electron chi connectivity index (χ0n) is 53.5. The van der Waals surface area contributed by atoms with Gasteiger partial charge < -0.3 is 57.2 Å². The van der Waals surface area contributed by atoms with E-state index in [0.29, 0.717) is 216 Å². The second kappa shape index (κ2) is 34.1. The quantitative estimate of drug-likeness (QED) is 0.118. The average molecular weight is 1290 g/mol. The maximum Gasteiger partial charge on any atom is 0.261 e. The van der Waals surface area contributed by atoms with Crippen LogP contribution in [-0.4, -0.2) is 235 Å². The maximum atomic E-state index is 13.3. The molecule has 0 radical (unpaired) electrons. The molecule has 24 heteroatoms. The highest BCUT2D eigenvalue weighted by Crippen LogP contribution is 2.37. The van der Waals surface area contributed by atoms with Crippen LogP contribution in [0.3, 0.4) is 0 Å². The van der Waals surface area contributed by atoms with Gasteiger partial charge in [-0.15, -0.1) is 10.2 Å². The Morgan fingerprint density at radius 3 is 1.21 bits per heavy atom. The van der Waals surface area contributed by atoms with Gasteiger partial charge in [-0.3, -0.25) is 29.0 Å². The van der Waals surface area contributed by atoms with Gasteiger partial charge in [-0.25, -0.2) is 9.36 Å². The molecule has 94 heavy (non-hydrogen) atoms. The Hall–Kier alpha value is -8.40. The molecular formula is C70H82N10O14. The van der Waals surface area contributed by atoms with Crippen molar-refractivity contribution in [3.05, 3.63) is 144 Å². The van der Waals surface area contributed by atoms with Gasteiger partial charge in [-0.2, -0.15) is 0 Å². The first kappa shape index (κ1) is 67.0. The summed E-state index contributed by atoms with van der Waals surface area (Å²) >= 11 is 0. The summed E-state index contributed by atoms with van der Waals surface area (Å²) in [7, 11) is 0. The van der Waals surface area contributed by atoms with Gasteiger partial charge in [0, 0.05) is 100 Å². The van der Waals surface area contributed by atoms with Gasteiger partial charge in [0.05, 0.1) is 156 Å². The van der Waals surface area contributed by atoms with Gasteiger partial charge in [0.1, 0.15) is 11.4 Å². The molecule has 4 amide bonds. The molecule has 0 unspecified atom stereocenters. The molecule has 6 aromatic carbocycles. The van der Waals surface area contributed by atoms with Crippen molar-refractivity contribution in [3.63, 3.8) is 0 Å². The maximum absolute atomic E-state index is 13.3. The molecule has 0 spiro atoms. The molecule has 4 aliphatic heterocycles. The summed E-state index contributed by atoms with van der Waals surface area (Å²) in [5.74, 6) is -1.05. The number of ether oxygens (including phenoxy) is 10. The molecule has 496 valence electrons.